The molecule has 0 atom stereocenters. The van der Waals surface area contributed by atoms with Crippen molar-refractivity contribution in [3.8, 4) is 5.88 Å². The summed E-state index contributed by atoms with van der Waals surface area (Å²) in [5.74, 6) is 0.617. The van der Waals surface area contributed by atoms with Crippen molar-refractivity contribution in [1.82, 2.24) is 10.3 Å². The van der Waals surface area contributed by atoms with Crippen LogP contribution in [0.3, 0.4) is 0 Å². The predicted octanol–water partition coefficient (Wildman–Crippen LogP) is 5.51. The summed E-state index contributed by atoms with van der Waals surface area (Å²) in [4.78, 5) is 19.0. The van der Waals surface area contributed by atoms with Gasteiger partial charge in [0, 0.05) is 24.2 Å². The number of carbonyl (C=O) groups is 1. The van der Waals surface area contributed by atoms with Gasteiger partial charge >= 0.3 is 0 Å². The third-order valence-electron chi connectivity index (χ3n) is 5.86. The number of fused-ring (bicyclic) bond motifs is 2. The lowest BCUT2D eigenvalue weighted by Gasteiger charge is -2.33. The van der Waals surface area contributed by atoms with Gasteiger partial charge in [0.05, 0.1) is 15.7 Å². The van der Waals surface area contributed by atoms with Gasteiger partial charge in [-0.3, -0.25) is 9.69 Å². The first kappa shape index (κ1) is 21.1. The molecule has 164 valence electrons. The van der Waals surface area contributed by atoms with E-state index in [-0.39, 0.29) is 23.9 Å². The minimum atomic E-state index is -0.262. The van der Waals surface area contributed by atoms with Gasteiger partial charge in [-0.15, -0.1) is 0 Å². The molecule has 0 radical (unpaired) electrons. The highest BCUT2D eigenvalue weighted by atomic mass is 35.5. The van der Waals surface area contributed by atoms with Crippen LogP contribution in [0, 0.1) is 0 Å². The number of aromatic nitrogens is 1. The fourth-order valence-electron chi connectivity index (χ4n) is 4.26. The van der Waals surface area contributed by atoms with E-state index in [2.05, 4.69) is 47.7 Å². The highest BCUT2D eigenvalue weighted by molar-refractivity contribution is 6.40. The summed E-state index contributed by atoms with van der Waals surface area (Å²) >= 11 is 12.5. The van der Waals surface area contributed by atoms with Crippen LogP contribution in [0.25, 0.3) is 0 Å². The van der Waals surface area contributed by atoms with Crippen molar-refractivity contribution in [3.63, 3.8) is 0 Å². The first-order valence-corrected chi connectivity index (χ1v) is 11.1. The highest BCUT2D eigenvalue weighted by Gasteiger charge is 2.31. The van der Waals surface area contributed by atoms with Gasteiger partial charge in [-0.25, -0.2) is 0 Å². The molecule has 1 amide bonds. The molecule has 2 N–H and O–H groups in total. The molecule has 0 fully saturated rings. The van der Waals surface area contributed by atoms with E-state index in [0.29, 0.717) is 27.1 Å². The Morgan fingerprint density at radius 3 is 2.69 bits per heavy atom. The number of nitrogens with one attached hydrogen (secondary N) is 2. The zero-order valence-electron chi connectivity index (χ0n) is 17.7. The van der Waals surface area contributed by atoms with Gasteiger partial charge < -0.3 is 15.4 Å². The van der Waals surface area contributed by atoms with Crippen molar-refractivity contribution in [3.05, 3.63) is 75.3 Å². The van der Waals surface area contributed by atoms with Crippen LogP contribution < -0.4 is 20.3 Å². The van der Waals surface area contributed by atoms with E-state index in [4.69, 9.17) is 27.9 Å². The van der Waals surface area contributed by atoms with E-state index in [1.807, 2.05) is 0 Å². The summed E-state index contributed by atoms with van der Waals surface area (Å²) in [6, 6.07) is 14.9. The van der Waals surface area contributed by atoms with E-state index < -0.39 is 0 Å². The Hall–Kier alpha value is -2.80. The van der Waals surface area contributed by atoms with Gasteiger partial charge in [-0.2, -0.15) is 4.98 Å². The van der Waals surface area contributed by atoms with Gasteiger partial charge in [0.2, 0.25) is 5.88 Å². The number of pyridine rings is 1. The van der Waals surface area contributed by atoms with Gasteiger partial charge in [-0.05, 0) is 47.5 Å². The number of carbonyl (C=O) groups excluding carboxylic acids is 1. The monoisotopic (exact) mass is 468 g/mol. The lowest BCUT2D eigenvalue weighted by Crippen LogP contribution is -2.39. The number of nitrogens with zero attached hydrogens (tertiary/aromatic N) is 2. The standard InChI is InChI=1S/C24H22Cl2N4O2/c1-24(2)12-27-11-14-10-15(6-8-17(14)24)28-20-9-7-16-22(29-20)32-13-30(23(16)31)21-18(25)4-3-5-19(21)26/h3-10,27H,11-13H2,1-2H3,(H,28,29). The number of benzene rings is 2. The van der Waals surface area contributed by atoms with E-state index in [1.165, 1.54) is 16.0 Å². The van der Waals surface area contributed by atoms with Crippen LogP contribution >= 0.6 is 23.2 Å². The number of anilines is 3. The average molecular weight is 469 g/mol. The molecule has 0 aliphatic carbocycles. The molecular weight excluding hydrogens is 447 g/mol. The molecule has 0 saturated carbocycles. The maximum atomic E-state index is 13.1. The van der Waals surface area contributed by atoms with Crippen LogP contribution in [0.15, 0.2) is 48.5 Å². The van der Waals surface area contributed by atoms with Crippen molar-refractivity contribution in [1.29, 1.82) is 0 Å². The number of hydrogen-bond donors (Lipinski definition) is 2. The van der Waals surface area contributed by atoms with Crippen LogP contribution in [-0.4, -0.2) is 24.2 Å². The predicted molar refractivity (Wildman–Crippen MR) is 127 cm³/mol. The van der Waals surface area contributed by atoms with Crippen molar-refractivity contribution in [2.75, 3.05) is 23.5 Å². The van der Waals surface area contributed by atoms with Gasteiger partial charge in [0.15, 0.2) is 6.73 Å². The van der Waals surface area contributed by atoms with Crippen LogP contribution in [0.5, 0.6) is 5.88 Å². The second-order valence-electron chi connectivity index (χ2n) is 8.61. The Morgan fingerprint density at radius 1 is 1.12 bits per heavy atom. The number of para-hydroxylation sites is 1. The largest absolute Gasteiger partial charge is 0.455 e. The Balaban J connectivity index is 1.40. The molecule has 1 aromatic heterocycles. The Morgan fingerprint density at radius 2 is 1.91 bits per heavy atom. The van der Waals surface area contributed by atoms with E-state index in [9.17, 15) is 4.79 Å². The minimum absolute atomic E-state index is 0.0225. The van der Waals surface area contributed by atoms with E-state index >= 15 is 0 Å². The summed E-state index contributed by atoms with van der Waals surface area (Å²) in [7, 11) is 0. The van der Waals surface area contributed by atoms with Crippen LogP contribution in [0.2, 0.25) is 10.0 Å². The molecule has 2 aliphatic heterocycles. The molecule has 2 aromatic carbocycles. The lowest BCUT2D eigenvalue weighted by molar-refractivity contribution is 0.0933. The molecule has 6 nitrogen and oxygen atoms in total. The third-order valence-corrected chi connectivity index (χ3v) is 6.47. The number of ether oxygens (including phenoxy) is 1. The summed E-state index contributed by atoms with van der Waals surface area (Å²) in [5.41, 5.74) is 4.44. The Bertz CT molecular complexity index is 1210. The number of rotatable bonds is 3. The first-order valence-electron chi connectivity index (χ1n) is 10.3. The zero-order valence-corrected chi connectivity index (χ0v) is 19.2. The Labute approximate surface area is 196 Å². The van der Waals surface area contributed by atoms with Crippen molar-refractivity contribution in [2.45, 2.75) is 25.8 Å². The first-order chi connectivity index (χ1) is 15.3. The van der Waals surface area contributed by atoms with Gasteiger partial charge in [0.1, 0.15) is 11.4 Å². The Kier molecular flexibility index (Phi) is 5.24. The smallest absolute Gasteiger partial charge is 0.266 e. The van der Waals surface area contributed by atoms with Crippen LogP contribution in [0.1, 0.15) is 35.3 Å². The molecule has 8 heteroatoms. The molecule has 0 unspecified atom stereocenters. The number of amides is 1. The molecule has 0 saturated heterocycles. The molecule has 0 spiro atoms. The van der Waals surface area contributed by atoms with Crippen molar-refractivity contribution >= 4 is 46.3 Å². The summed E-state index contributed by atoms with van der Waals surface area (Å²) < 4.78 is 5.79. The van der Waals surface area contributed by atoms with Gasteiger partial charge in [-0.1, -0.05) is 49.2 Å². The SMILES string of the molecule is CC1(C)CNCc2cc(Nc3ccc4c(n3)OCN(c3c(Cl)cccc3Cl)C4=O)ccc21. The second-order valence-corrected chi connectivity index (χ2v) is 9.42. The molecule has 32 heavy (non-hydrogen) atoms. The van der Waals surface area contributed by atoms with Crippen LogP contribution in [0.4, 0.5) is 17.2 Å². The van der Waals surface area contributed by atoms with Gasteiger partial charge in [0.25, 0.3) is 5.91 Å². The van der Waals surface area contributed by atoms with Crippen LogP contribution in [-0.2, 0) is 12.0 Å². The average Bonchev–Trinajstić information content (AvgIpc) is 2.75. The summed E-state index contributed by atoms with van der Waals surface area (Å²) in [5, 5.41) is 7.56. The van der Waals surface area contributed by atoms with Crippen molar-refractivity contribution in [2.24, 2.45) is 0 Å². The molecule has 3 aromatic rings. The van der Waals surface area contributed by atoms with Crippen molar-refractivity contribution < 1.29 is 9.53 Å². The molecular formula is C24H22Cl2N4O2. The van der Waals surface area contributed by atoms with E-state index in [0.717, 1.165) is 18.8 Å². The quantitative estimate of drug-likeness (QED) is 0.530. The third kappa shape index (κ3) is 3.68. The van der Waals surface area contributed by atoms with E-state index in [1.54, 1.807) is 30.3 Å². The maximum Gasteiger partial charge on any atom is 0.266 e. The normalized spacial score (nSPS) is 16.8. The molecule has 2 aliphatic rings. The molecule has 5 rings (SSSR count). The topological polar surface area (TPSA) is 66.5 Å². The lowest BCUT2D eigenvalue weighted by atomic mass is 9.79. The number of halogens is 2. The zero-order chi connectivity index (χ0) is 22.5. The summed E-state index contributed by atoms with van der Waals surface area (Å²) in [6.45, 7) is 6.25. The second kappa shape index (κ2) is 7.96. The fourth-order valence-corrected chi connectivity index (χ4v) is 4.86. The molecule has 3 heterocycles. The fraction of sp³-hybridized carbons (Fsp3) is 0.250. The maximum absolute atomic E-state index is 13.1. The molecule has 0 bridgehead atoms. The highest BCUT2D eigenvalue weighted by Crippen LogP contribution is 2.37. The minimum Gasteiger partial charge on any atom is -0.455 e. The number of hydrogen-bond acceptors (Lipinski definition) is 5. The summed E-state index contributed by atoms with van der Waals surface area (Å²) in [6.07, 6.45) is 0.